The van der Waals surface area contributed by atoms with Crippen LogP contribution in [0, 0.1) is 0 Å². The summed E-state index contributed by atoms with van der Waals surface area (Å²) in [5.41, 5.74) is 0.809. The molecule has 0 aliphatic carbocycles. The number of ether oxygens (including phenoxy) is 2. The summed E-state index contributed by atoms with van der Waals surface area (Å²) in [6, 6.07) is 15.5. The number of aromatic nitrogens is 1. The first-order valence-corrected chi connectivity index (χ1v) is 12.2. The molecule has 33 heavy (non-hydrogen) atoms. The average molecular weight is 504 g/mol. The van der Waals surface area contributed by atoms with Crippen molar-refractivity contribution in [2.24, 2.45) is 0 Å². The molecule has 1 aromatic heterocycles. The quantitative estimate of drug-likeness (QED) is 0.367. The van der Waals surface area contributed by atoms with Gasteiger partial charge in [-0.3, -0.25) is 14.8 Å². The molecule has 1 amide bonds. The van der Waals surface area contributed by atoms with E-state index in [1.54, 1.807) is 31.4 Å². The Morgan fingerprint density at radius 1 is 0.970 bits per heavy atom. The molecule has 0 saturated heterocycles. The second-order valence-corrected chi connectivity index (χ2v) is 9.84. The normalized spacial score (nSPS) is 11.2. The molecule has 11 heteroatoms. The summed E-state index contributed by atoms with van der Waals surface area (Å²) in [6.07, 6.45) is 0. The van der Waals surface area contributed by atoms with Crippen molar-refractivity contribution >= 4 is 59.9 Å². The minimum atomic E-state index is -3.93. The van der Waals surface area contributed by atoms with E-state index < -0.39 is 15.9 Å². The zero-order chi connectivity index (χ0) is 23.6. The zero-order valence-corrected chi connectivity index (χ0v) is 19.8. The van der Waals surface area contributed by atoms with Crippen LogP contribution in [-0.4, -0.2) is 33.5 Å². The third kappa shape index (κ3) is 4.72. The van der Waals surface area contributed by atoms with Gasteiger partial charge in [-0.05, 0) is 48.5 Å². The van der Waals surface area contributed by atoms with Gasteiger partial charge in [-0.15, -0.1) is 0 Å². The Balaban J connectivity index is 1.63. The van der Waals surface area contributed by atoms with Crippen molar-refractivity contribution in [3.8, 4) is 11.5 Å². The smallest absolute Gasteiger partial charge is 0.261 e. The van der Waals surface area contributed by atoms with E-state index in [0.717, 1.165) is 0 Å². The highest BCUT2D eigenvalue weighted by Gasteiger charge is 2.20. The Kier molecular flexibility index (Phi) is 6.41. The number of nitrogens with one attached hydrogen (secondary N) is 2. The molecule has 0 aliphatic heterocycles. The van der Waals surface area contributed by atoms with E-state index in [2.05, 4.69) is 15.0 Å². The number of thiazole rings is 1. The fourth-order valence-electron chi connectivity index (χ4n) is 3.09. The first kappa shape index (κ1) is 22.8. The van der Waals surface area contributed by atoms with Crippen LogP contribution in [0.25, 0.3) is 10.2 Å². The number of rotatable bonds is 7. The SMILES string of the molecule is COc1ccc(OC)c2sc(NC(=O)c3ccccc3NS(=O)(=O)c3ccc(Cl)cc3)nc12. The van der Waals surface area contributed by atoms with Crippen LogP contribution in [0.4, 0.5) is 10.8 Å². The molecule has 0 spiro atoms. The maximum Gasteiger partial charge on any atom is 0.261 e. The van der Waals surface area contributed by atoms with Gasteiger partial charge in [0.25, 0.3) is 15.9 Å². The van der Waals surface area contributed by atoms with Crippen LogP contribution in [0.2, 0.25) is 5.02 Å². The minimum absolute atomic E-state index is 0.0208. The molecule has 0 radical (unpaired) electrons. The molecule has 0 atom stereocenters. The lowest BCUT2D eigenvalue weighted by Gasteiger charge is -2.12. The highest BCUT2D eigenvalue weighted by molar-refractivity contribution is 7.92. The van der Waals surface area contributed by atoms with E-state index in [1.165, 1.54) is 54.8 Å². The molecule has 0 bridgehead atoms. The van der Waals surface area contributed by atoms with Gasteiger partial charge in [0.05, 0.1) is 30.4 Å². The van der Waals surface area contributed by atoms with Gasteiger partial charge in [0.15, 0.2) is 5.13 Å². The number of hydrogen-bond acceptors (Lipinski definition) is 7. The van der Waals surface area contributed by atoms with Gasteiger partial charge < -0.3 is 9.47 Å². The molecule has 0 aliphatic rings. The van der Waals surface area contributed by atoms with Crippen LogP contribution in [-0.2, 0) is 10.0 Å². The summed E-state index contributed by atoms with van der Waals surface area (Å²) >= 11 is 7.06. The van der Waals surface area contributed by atoms with E-state index in [4.69, 9.17) is 21.1 Å². The number of fused-ring (bicyclic) bond motifs is 1. The molecule has 0 fully saturated rings. The van der Waals surface area contributed by atoms with Gasteiger partial charge in [-0.2, -0.15) is 0 Å². The number of amides is 1. The second kappa shape index (κ2) is 9.26. The summed E-state index contributed by atoms with van der Waals surface area (Å²) in [6.45, 7) is 0. The number of anilines is 2. The molecule has 4 rings (SSSR count). The fourth-order valence-corrected chi connectivity index (χ4v) is 5.27. The summed E-state index contributed by atoms with van der Waals surface area (Å²) in [5.74, 6) is 0.611. The van der Waals surface area contributed by atoms with Gasteiger partial charge in [0.1, 0.15) is 21.7 Å². The monoisotopic (exact) mass is 503 g/mol. The number of carbonyl (C=O) groups is 1. The number of hydrogen-bond donors (Lipinski definition) is 2. The van der Waals surface area contributed by atoms with Gasteiger partial charge in [0, 0.05) is 5.02 Å². The predicted octanol–water partition coefficient (Wildman–Crippen LogP) is 5.02. The number of methoxy groups -OCH3 is 2. The zero-order valence-electron chi connectivity index (χ0n) is 17.5. The molecule has 4 aromatic rings. The summed E-state index contributed by atoms with van der Waals surface area (Å²) in [5, 5.41) is 3.46. The molecule has 1 heterocycles. The van der Waals surface area contributed by atoms with Crippen molar-refractivity contribution in [2.75, 3.05) is 24.3 Å². The molecule has 3 aromatic carbocycles. The Labute approximate surface area is 199 Å². The van der Waals surface area contributed by atoms with E-state index in [1.807, 2.05) is 0 Å². The lowest BCUT2D eigenvalue weighted by Crippen LogP contribution is -2.18. The van der Waals surface area contributed by atoms with E-state index in [9.17, 15) is 13.2 Å². The second-order valence-electron chi connectivity index (χ2n) is 6.73. The molecular formula is C22H18ClN3O5S2. The van der Waals surface area contributed by atoms with Crippen molar-refractivity contribution in [1.29, 1.82) is 0 Å². The summed E-state index contributed by atoms with van der Waals surface area (Å²) in [4.78, 5) is 17.5. The number of benzene rings is 3. The summed E-state index contributed by atoms with van der Waals surface area (Å²) < 4.78 is 39.5. The van der Waals surface area contributed by atoms with Crippen molar-refractivity contribution < 1.29 is 22.7 Å². The fraction of sp³-hybridized carbons (Fsp3) is 0.0909. The Bertz CT molecular complexity index is 1400. The maximum atomic E-state index is 13.0. The molecular weight excluding hydrogens is 486 g/mol. The van der Waals surface area contributed by atoms with Crippen molar-refractivity contribution in [2.45, 2.75) is 4.90 Å². The number of carbonyl (C=O) groups excluding carboxylic acids is 1. The highest BCUT2D eigenvalue weighted by Crippen LogP contribution is 2.39. The van der Waals surface area contributed by atoms with Crippen molar-refractivity contribution in [1.82, 2.24) is 4.98 Å². The Morgan fingerprint density at radius 2 is 1.64 bits per heavy atom. The lowest BCUT2D eigenvalue weighted by atomic mass is 10.2. The molecule has 0 saturated carbocycles. The number of sulfonamides is 1. The van der Waals surface area contributed by atoms with Crippen molar-refractivity contribution in [3.63, 3.8) is 0 Å². The highest BCUT2D eigenvalue weighted by atomic mass is 35.5. The van der Waals surface area contributed by atoms with Crippen LogP contribution in [0.1, 0.15) is 10.4 Å². The van der Waals surface area contributed by atoms with E-state index in [-0.39, 0.29) is 16.1 Å². The van der Waals surface area contributed by atoms with Gasteiger partial charge >= 0.3 is 0 Å². The predicted molar refractivity (Wildman–Crippen MR) is 129 cm³/mol. The largest absolute Gasteiger partial charge is 0.495 e. The third-order valence-electron chi connectivity index (χ3n) is 4.67. The summed E-state index contributed by atoms with van der Waals surface area (Å²) in [7, 11) is -0.859. The van der Waals surface area contributed by atoms with Crippen molar-refractivity contribution in [3.05, 3.63) is 71.2 Å². The standard InChI is InChI=1S/C22H18ClN3O5S2/c1-30-17-11-12-18(31-2)20-19(17)24-22(32-20)25-21(27)15-5-3-4-6-16(15)26-33(28,29)14-9-7-13(23)8-10-14/h3-12,26H,1-2H3,(H,24,25,27). The van der Waals surface area contributed by atoms with Crippen LogP contribution < -0.4 is 19.5 Å². The molecule has 0 unspecified atom stereocenters. The van der Waals surface area contributed by atoms with Crippen LogP contribution in [0.3, 0.4) is 0 Å². The molecule has 2 N–H and O–H groups in total. The van der Waals surface area contributed by atoms with Gasteiger partial charge in [0.2, 0.25) is 0 Å². The number of halogens is 1. The van der Waals surface area contributed by atoms with Crippen LogP contribution >= 0.6 is 22.9 Å². The molecule has 170 valence electrons. The average Bonchev–Trinajstić information content (AvgIpc) is 3.22. The van der Waals surface area contributed by atoms with Crippen LogP contribution in [0.15, 0.2) is 65.6 Å². The van der Waals surface area contributed by atoms with E-state index in [0.29, 0.717) is 31.9 Å². The maximum absolute atomic E-state index is 13.0. The first-order valence-electron chi connectivity index (χ1n) is 9.52. The minimum Gasteiger partial charge on any atom is -0.495 e. The van der Waals surface area contributed by atoms with Gasteiger partial charge in [-0.1, -0.05) is 35.1 Å². The van der Waals surface area contributed by atoms with E-state index >= 15 is 0 Å². The first-order chi connectivity index (χ1) is 15.8. The topological polar surface area (TPSA) is 107 Å². The Hall–Kier alpha value is -3.34. The number of para-hydroxylation sites is 1. The molecule has 8 nitrogen and oxygen atoms in total. The lowest BCUT2D eigenvalue weighted by molar-refractivity contribution is 0.102. The third-order valence-corrected chi connectivity index (χ3v) is 7.29. The Morgan fingerprint density at radius 3 is 2.33 bits per heavy atom. The number of nitrogens with zero attached hydrogens (tertiary/aromatic N) is 1. The van der Waals surface area contributed by atoms with Crippen LogP contribution in [0.5, 0.6) is 11.5 Å². The van der Waals surface area contributed by atoms with Gasteiger partial charge in [-0.25, -0.2) is 13.4 Å².